The van der Waals surface area contributed by atoms with E-state index in [0.717, 1.165) is 18.1 Å². The monoisotopic (exact) mass is 248 g/mol. The molecule has 0 radical (unpaired) electrons. The van der Waals surface area contributed by atoms with E-state index in [0.29, 0.717) is 13.2 Å². The number of benzene rings is 1. The van der Waals surface area contributed by atoms with Gasteiger partial charge in [-0.25, -0.2) is 0 Å². The molecule has 0 saturated carbocycles. The molecule has 1 unspecified atom stereocenters. The van der Waals surface area contributed by atoms with Crippen LogP contribution in [0.4, 0.5) is 0 Å². The maximum atomic E-state index is 9.75. The number of hydrogen-bond acceptors (Lipinski definition) is 3. The SMILES string of the molecule is OC(C[NH2+]Cc1ccco1)COc1ccccc1. The fraction of sp³-hybridized carbons (Fsp3) is 0.286. The summed E-state index contributed by atoms with van der Waals surface area (Å²) in [5.74, 6) is 1.69. The second-order valence-corrected chi connectivity index (χ2v) is 4.09. The molecule has 0 fully saturated rings. The van der Waals surface area contributed by atoms with Crippen molar-refractivity contribution in [3.05, 3.63) is 54.5 Å². The van der Waals surface area contributed by atoms with Gasteiger partial charge in [0.05, 0.1) is 6.26 Å². The number of furan rings is 1. The molecule has 1 atom stereocenters. The summed E-state index contributed by atoms with van der Waals surface area (Å²) in [5, 5.41) is 11.8. The van der Waals surface area contributed by atoms with Crippen molar-refractivity contribution >= 4 is 0 Å². The Morgan fingerprint density at radius 2 is 2.00 bits per heavy atom. The fourth-order valence-corrected chi connectivity index (χ4v) is 1.62. The quantitative estimate of drug-likeness (QED) is 0.761. The third-order valence-electron chi connectivity index (χ3n) is 2.55. The van der Waals surface area contributed by atoms with Crippen LogP contribution in [0, 0.1) is 0 Å². The molecule has 0 aliphatic heterocycles. The zero-order valence-electron chi connectivity index (χ0n) is 10.2. The van der Waals surface area contributed by atoms with Crippen LogP contribution in [-0.4, -0.2) is 24.4 Å². The van der Waals surface area contributed by atoms with Crippen molar-refractivity contribution < 1.29 is 19.6 Å². The molecule has 96 valence electrons. The predicted molar refractivity (Wildman–Crippen MR) is 67.1 cm³/mol. The number of para-hydroxylation sites is 1. The lowest BCUT2D eigenvalue weighted by molar-refractivity contribution is -0.678. The first kappa shape index (κ1) is 12.7. The Labute approximate surface area is 106 Å². The van der Waals surface area contributed by atoms with Crippen LogP contribution in [0.15, 0.2) is 53.1 Å². The molecule has 1 aromatic carbocycles. The summed E-state index contributed by atoms with van der Waals surface area (Å²) in [6.45, 7) is 1.63. The number of aliphatic hydroxyl groups is 1. The Hall–Kier alpha value is -1.78. The maximum absolute atomic E-state index is 9.75. The van der Waals surface area contributed by atoms with Crippen LogP contribution in [0.5, 0.6) is 5.75 Å². The highest BCUT2D eigenvalue weighted by Crippen LogP contribution is 2.08. The molecular weight excluding hydrogens is 230 g/mol. The molecule has 0 saturated heterocycles. The molecule has 2 aromatic rings. The van der Waals surface area contributed by atoms with Gasteiger partial charge in [-0.1, -0.05) is 18.2 Å². The average Bonchev–Trinajstić information content (AvgIpc) is 2.91. The van der Waals surface area contributed by atoms with Gasteiger partial charge in [-0.3, -0.25) is 0 Å². The summed E-state index contributed by atoms with van der Waals surface area (Å²) in [5.41, 5.74) is 0. The predicted octanol–water partition coefficient (Wildman–Crippen LogP) is 0.783. The van der Waals surface area contributed by atoms with Gasteiger partial charge >= 0.3 is 0 Å². The molecule has 18 heavy (non-hydrogen) atoms. The van der Waals surface area contributed by atoms with Crippen molar-refractivity contribution in [1.82, 2.24) is 0 Å². The topological polar surface area (TPSA) is 59.2 Å². The first-order valence-corrected chi connectivity index (χ1v) is 6.04. The third-order valence-corrected chi connectivity index (χ3v) is 2.55. The first-order valence-electron chi connectivity index (χ1n) is 6.04. The van der Waals surface area contributed by atoms with Gasteiger partial charge in [0.15, 0.2) is 5.76 Å². The van der Waals surface area contributed by atoms with Crippen molar-refractivity contribution in [3.8, 4) is 5.75 Å². The summed E-state index contributed by atoms with van der Waals surface area (Å²) in [4.78, 5) is 0. The van der Waals surface area contributed by atoms with E-state index in [1.54, 1.807) is 6.26 Å². The second kappa shape index (κ2) is 6.83. The van der Waals surface area contributed by atoms with Crippen molar-refractivity contribution in [1.29, 1.82) is 0 Å². The Morgan fingerprint density at radius 3 is 2.72 bits per heavy atom. The van der Waals surface area contributed by atoms with E-state index >= 15 is 0 Å². The van der Waals surface area contributed by atoms with E-state index in [-0.39, 0.29) is 0 Å². The summed E-state index contributed by atoms with van der Waals surface area (Å²) >= 11 is 0. The van der Waals surface area contributed by atoms with Crippen LogP contribution >= 0.6 is 0 Å². The zero-order valence-corrected chi connectivity index (χ0v) is 10.2. The summed E-state index contributed by atoms with van der Waals surface area (Å²) in [7, 11) is 0. The number of nitrogens with two attached hydrogens (primary N) is 1. The first-order chi connectivity index (χ1) is 8.84. The van der Waals surface area contributed by atoms with Gasteiger partial charge in [-0.05, 0) is 24.3 Å². The van der Waals surface area contributed by atoms with Crippen LogP contribution in [0.3, 0.4) is 0 Å². The van der Waals surface area contributed by atoms with Crippen LogP contribution in [0.1, 0.15) is 5.76 Å². The lowest BCUT2D eigenvalue weighted by atomic mass is 10.3. The standard InChI is InChI=1S/C14H17NO3/c16-12(9-15-10-14-7-4-8-17-14)11-18-13-5-2-1-3-6-13/h1-8,12,15-16H,9-11H2/p+1. The van der Waals surface area contributed by atoms with Gasteiger partial charge in [0.1, 0.15) is 31.5 Å². The molecule has 0 amide bonds. The molecule has 0 bridgehead atoms. The van der Waals surface area contributed by atoms with Gasteiger partial charge in [-0.2, -0.15) is 0 Å². The molecule has 4 nitrogen and oxygen atoms in total. The lowest BCUT2D eigenvalue weighted by Crippen LogP contribution is -2.85. The lowest BCUT2D eigenvalue weighted by Gasteiger charge is -2.10. The molecule has 1 heterocycles. The van der Waals surface area contributed by atoms with Gasteiger partial charge in [0.25, 0.3) is 0 Å². The Balaban J connectivity index is 1.62. The molecule has 4 heteroatoms. The third kappa shape index (κ3) is 4.24. The smallest absolute Gasteiger partial charge is 0.157 e. The zero-order chi connectivity index (χ0) is 12.6. The Morgan fingerprint density at radius 1 is 1.17 bits per heavy atom. The van der Waals surface area contributed by atoms with Crippen LogP contribution < -0.4 is 10.1 Å². The van der Waals surface area contributed by atoms with E-state index in [2.05, 4.69) is 0 Å². The van der Waals surface area contributed by atoms with Gasteiger partial charge in [0, 0.05) is 0 Å². The minimum absolute atomic E-state index is 0.304. The van der Waals surface area contributed by atoms with Crippen molar-refractivity contribution in [2.75, 3.05) is 13.2 Å². The summed E-state index contributed by atoms with van der Waals surface area (Å²) in [6, 6.07) is 13.3. The Kier molecular flexibility index (Phi) is 4.81. The average molecular weight is 248 g/mol. The van der Waals surface area contributed by atoms with Crippen molar-refractivity contribution in [2.24, 2.45) is 0 Å². The van der Waals surface area contributed by atoms with Gasteiger partial charge in [0.2, 0.25) is 0 Å². The maximum Gasteiger partial charge on any atom is 0.157 e. The van der Waals surface area contributed by atoms with E-state index in [9.17, 15) is 5.11 Å². The van der Waals surface area contributed by atoms with E-state index in [4.69, 9.17) is 9.15 Å². The van der Waals surface area contributed by atoms with Gasteiger partial charge < -0.3 is 19.6 Å². The minimum Gasteiger partial charge on any atom is -0.491 e. The molecule has 0 aliphatic carbocycles. The molecule has 0 aliphatic rings. The number of hydrogen-bond donors (Lipinski definition) is 2. The second-order valence-electron chi connectivity index (χ2n) is 4.09. The molecule has 1 aromatic heterocycles. The highest BCUT2D eigenvalue weighted by molar-refractivity contribution is 5.20. The molecule has 0 spiro atoms. The number of aliphatic hydroxyl groups excluding tert-OH is 1. The van der Waals surface area contributed by atoms with Crippen molar-refractivity contribution in [3.63, 3.8) is 0 Å². The van der Waals surface area contributed by atoms with Crippen LogP contribution in [-0.2, 0) is 6.54 Å². The summed E-state index contributed by atoms with van der Waals surface area (Å²) in [6.07, 6.45) is 1.16. The largest absolute Gasteiger partial charge is 0.491 e. The van der Waals surface area contributed by atoms with Gasteiger partial charge in [-0.15, -0.1) is 0 Å². The summed E-state index contributed by atoms with van der Waals surface area (Å²) < 4.78 is 10.7. The molecular formula is C14H18NO3+. The fourth-order valence-electron chi connectivity index (χ4n) is 1.62. The van der Waals surface area contributed by atoms with E-state index < -0.39 is 6.10 Å². The van der Waals surface area contributed by atoms with Crippen LogP contribution in [0.25, 0.3) is 0 Å². The molecule has 3 N–H and O–H groups in total. The number of rotatable bonds is 7. The van der Waals surface area contributed by atoms with E-state index in [1.807, 2.05) is 47.8 Å². The highest BCUT2D eigenvalue weighted by Gasteiger charge is 2.08. The Bertz CT molecular complexity index is 428. The minimum atomic E-state index is -0.486. The van der Waals surface area contributed by atoms with E-state index in [1.165, 1.54) is 0 Å². The van der Waals surface area contributed by atoms with Crippen LogP contribution in [0.2, 0.25) is 0 Å². The highest BCUT2D eigenvalue weighted by atomic mass is 16.5. The number of ether oxygens (including phenoxy) is 1. The molecule has 2 rings (SSSR count). The number of quaternary nitrogens is 1. The normalized spacial score (nSPS) is 12.3. The van der Waals surface area contributed by atoms with Crippen molar-refractivity contribution in [2.45, 2.75) is 12.6 Å².